The van der Waals surface area contributed by atoms with Gasteiger partial charge in [0.1, 0.15) is 12.1 Å². The van der Waals surface area contributed by atoms with E-state index in [0.29, 0.717) is 29.8 Å². The van der Waals surface area contributed by atoms with Gasteiger partial charge in [-0.1, -0.05) is 26.0 Å². The molecule has 0 radical (unpaired) electrons. The van der Waals surface area contributed by atoms with Gasteiger partial charge >= 0.3 is 0 Å². The van der Waals surface area contributed by atoms with Crippen LogP contribution in [0.25, 0.3) is 11.0 Å². The fourth-order valence-electron chi connectivity index (χ4n) is 4.65. The number of rotatable bonds is 3. The highest BCUT2D eigenvalue weighted by Gasteiger charge is 2.65. The maximum absolute atomic E-state index is 13.0. The number of hydrogen-bond donors (Lipinski definition) is 0. The number of Topliss-reactive ketones (excluding diaryl/α,β-unsaturated/α-hetero) is 1. The standard InChI is InChI=1S/C17H20N2O3S/c1-16(2)12-7-8-17(16,15(20)9-12)10-23(21,22)19-11-18-13-5-3-4-6-14(13)19/h3-6,11-12H,7-10H2,1-2H3. The molecule has 2 atom stereocenters. The number of nitrogens with zero attached hydrogens (tertiary/aromatic N) is 2. The monoisotopic (exact) mass is 332 g/mol. The number of ketones is 1. The van der Waals surface area contributed by atoms with Crippen molar-refractivity contribution < 1.29 is 13.2 Å². The predicted octanol–water partition coefficient (Wildman–Crippen LogP) is 2.61. The van der Waals surface area contributed by atoms with Gasteiger partial charge in [-0.05, 0) is 36.3 Å². The van der Waals surface area contributed by atoms with Gasteiger partial charge in [0, 0.05) is 6.42 Å². The van der Waals surface area contributed by atoms with E-state index in [1.54, 1.807) is 18.2 Å². The van der Waals surface area contributed by atoms with Crippen molar-refractivity contribution in [1.29, 1.82) is 0 Å². The summed E-state index contributed by atoms with van der Waals surface area (Å²) in [7, 11) is -3.64. The molecule has 0 saturated heterocycles. The van der Waals surface area contributed by atoms with Gasteiger partial charge in [0.2, 0.25) is 10.0 Å². The molecule has 2 saturated carbocycles. The minimum Gasteiger partial charge on any atom is -0.299 e. The van der Waals surface area contributed by atoms with Gasteiger partial charge in [0.15, 0.2) is 0 Å². The first-order valence-electron chi connectivity index (χ1n) is 7.97. The minimum absolute atomic E-state index is 0.117. The first-order chi connectivity index (χ1) is 10.8. The summed E-state index contributed by atoms with van der Waals surface area (Å²) in [5.74, 6) is 0.305. The van der Waals surface area contributed by atoms with Gasteiger partial charge in [0.05, 0.1) is 22.2 Å². The molecular weight excluding hydrogens is 312 g/mol. The molecule has 6 heteroatoms. The lowest BCUT2D eigenvalue weighted by molar-refractivity contribution is -0.128. The molecule has 122 valence electrons. The van der Waals surface area contributed by atoms with E-state index in [1.165, 1.54) is 10.3 Å². The Kier molecular flexibility index (Phi) is 2.87. The molecule has 1 aromatic carbocycles. The van der Waals surface area contributed by atoms with E-state index in [1.807, 2.05) is 6.07 Å². The zero-order valence-electron chi connectivity index (χ0n) is 13.3. The Morgan fingerprint density at radius 2 is 2.04 bits per heavy atom. The molecule has 2 aliphatic carbocycles. The Balaban J connectivity index is 1.80. The molecule has 2 unspecified atom stereocenters. The SMILES string of the molecule is CC1(C)C2CCC1(CS(=O)(=O)n1cnc3ccccc31)C(=O)C2. The second-order valence-electron chi connectivity index (χ2n) is 7.45. The van der Waals surface area contributed by atoms with E-state index in [9.17, 15) is 13.2 Å². The highest BCUT2D eigenvalue weighted by Crippen LogP contribution is 2.64. The minimum atomic E-state index is -3.64. The van der Waals surface area contributed by atoms with Gasteiger partial charge in [-0.2, -0.15) is 0 Å². The van der Waals surface area contributed by atoms with E-state index in [4.69, 9.17) is 0 Å². The normalized spacial score (nSPS) is 29.5. The molecule has 0 N–H and O–H groups in total. The summed E-state index contributed by atoms with van der Waals surface area (Å²) in [6.07, 6.45) is 3.50. The van der Waals surface area contributed by atoms with Crippen molar-refractivity contribution in [3.8, 4) is 0 Å². The number of aromatic nitrogens is 2. The van der Waals surface area contributed by atoms with Gasteiger partial charge in [-0.25, -0.2) is 17.4 Å². The summed E-state index contributed by atoms with van der Waals surface area (Å²) >= 11 is 0. The topological polar surface area (TPSA) is 69.0 Å². The molecule has 2 bridgehead atoms. The van der Waals surface area contributed by atoms with E-state index in [0.717, 1.165) is 6.42 Å². The summed E-state index contributed by atoms with van der Waals surface area (Å²) in [4.78, 5) is 16.8. The third-order valence-electron chi connectivity index (χ3n) is 6.29. The van der Waals surface area contributed by atoms with Crippen LogP contribution >= 0.6 is 0 Å². The molecular formula is C17H20N2O3S. The molecule has 0 aliphatic heterocycles. The Morgan fingerprint density at radius 1 is 1.30 bits per heavy atom. The largest absolute Gasteiger partial charge is 0.299 e. The fourth-order valence-corrected chi connectivity index (χ4v) is 6.73. The summed E-state index contributed by atoms with van der Waals surface area (Å²) in [5, 5.41) is 0. The smallest absolute Gasteiger partial charge is 0.241 e. The van der Waals surface area contributed by atoms with Crippen LogP contribution in [-0.2, 0) is 14.8 Å². The number of fused-ring (bicyclic) bond motifs is 3. The number of hydrogen-bond acceptors (Lipinski definition) is 4. The summed E-state index contributed by atoms with van der Waals surface area (Å²) in [5.41, 5.74) is 0.215. The van der Waals surface area contributed by atoms with Gasteiger partial charge in [-0.3, -0.25) is 4.79 Å². The average molecular weight is 332 g/mol. The first-order valence-corrected chi connectivity index (χ1v) is 9.57. The van der Waals surface area contributed by atoms with Crippen molar-refractivity contribution >= 4 is 26.8 Å². The molecule has 0 spiro atoms. The van der Waals surface area contributed by atoms with Crippen LogP contribution in [0.2, 0.25) is 0 Å². The van der Waals surface area contributed by atoms with Crippen LogP contribution in [0, 0.1) is 16.7 Å². The molecule has 1 aromatic heterocycles. The van der Waals surface area contributed by atoms with Gasteiger partial charge in [-0.15, -0.1) is 0 Å². The lowest BCUT2D eigenvalue weighted by Crippen LogP contribution is -2.43. The van der Waals surface area contributed by atoms with Crippen LogP contribution in [0.3, 0.4) is 0 Å². The van der Waals surface area contributed by atoms with Crippen LogP contribution in [0.5, 0.6) is 0 Å². The first kappa shape index (κ1) is 14.9. The van der Waals surface area contributed by atoms with Crippen LogP contribution < -0.4 is 0 Å². The van der Waals surface area contributed by atoms with Crippen LogP contribution in [-0.4, -0.2) is 28.9 Å². The van der Waals surface area contributed by atoms with Crippen LogP contribution in [0.1, 0.15) is 33.1 Å². The van der Waals surface area contributed by atoms with Gasteiger partial charge in [0.25, 0.3) is 0 Å². The second-order valence-corrected chi connectivity index (χ2v) is 9.30. The van der Waals surface area contributed by atoms with E-state index in [2.05, 4.69) is 18.8 Å². The van der Waals surface area contributed by atoms with Crippen molar-refractivity contribution in [3.05, 3.63) is 30.6 Å². The average Bonchev–Trinajstić information content (AvgIpc) is 3.07. The second kappa shape index (κ2) is 4.44. The maximum atomic E-state index is 13.0. The Labute approximate surface area is 135 Å². The summed E-state index contributed by atoms with van der Waals surface area (Å²) in [6.45, 7) is 4.11. The van der Waals surface area contributed by atoms with Crippen LogP contribution in [0.15, 0.2) is 30.6 Å². The van der Waals surface area contributed by atoms with Crippen molar-refractivity contribution in [2.24, 2.45) is 16.7 Å². The molecule has 2 fully saturated rings. The number of carbonyl (C=O) groups is 1. The van der Waals surface area contributed by atoms with Crippen LogP contribution in [0.4, 0.5) is 0 Å². The molecule has 2 aliphatic rings. The number of carbonyl (C=O) groups excluding carboxylic acids is 1. The molecule has 0 amide bonds. The van der Waals surface area contributed by atoms with Gasteiger partial charge < -0.3 is 0 Å². The molecule has 23 heavy (non-hydrogen) atoms. The molecule has 2 aromatic rings. The van der Waals surface area contributed by atoms with E-state index < -0.39 is 15.4 Å². The van der Waals surface area contributed by atoms with Crippen molar-refractivity contribution in [2.75, 3.05) is 5.75 Å². The molecule has 4 rings (SSSR count). The Morgan fingerprint density at radius 3 is 2.70 bits per heavy atom. The number of benzene rings is 1. The lowest BCUT2D eigenvalue weighted by Gasteiger charge is -2.36. The fraction of sp³-hybridized carbons (Fsp3) is 0.529. The molecule has 5 nitrogen and oxygen atoms in total. The third kappa shape index (κ3) is 1.81. The maximum Gasteiger partial charge on any atom is 0.241 e. The van der Waals surface area contributed by atoms with Crippen molar-refractivity contribution in [1.82, 2.24) is 8.96 Å². The van der Waals surface area contributed by atoms with Crippen molar-refractivity contribution in [2.45, 2.75) is 33.1 Å². The zero-order chi connectivity index (χ0) is 16.5. The Bertz CT molecular complexity index is 913. The number of para-hydroxylation sites is 2. The van der Waals surface area contributed by atoms with E-state index in [-0.39, 0.29) is 17.0 Å². The summed E-state index contributed by atoms with van der Waals surface area (Å²) in [6, 6.07) is 7.16. The zero-order valence-corrected chi connectivity index (χ0v) is 14.1. The highest BCUT2D eigenvalue weighted by molar-refractivity contribution is 7.90. The third-order valence-corrected chi connectivity index (χ3v) is 8.04. The molecule has 1 heterocycles. The lowest BCUT2D eigenvalue weighted by atomic mass is 9.70. The predicted molar refractivity (Wildman–Crippen MR) is 87.5 cm³/mol. The highest BCUT2D eigenvalue weighted by atomic mass is 32.2. The van der Waals surface area contributed by atoms with Crippen molar-refractivity contribution in [3.63, 3.8) is 0 Å². The number of imidazole rings is 1. The summed E-state index contributed by atoms with van der Waals surface area (Å²) < 4.78 is 27.3. The Hall–Kier alpha value is -1.69. The van der Waals surface area contributed by atoms with E-state index >= 15 is 0 Å². The quantitative estimate of drug-likeness (QED) is 0.866.